The van der Waals surface area contributed by atoms with Crippen molar-refractivity contribution in [1.29, 1.82) is 0 Å². The lowest BCUT2D eigenvalue weighted by molar-refractivity contribution is -0.123. The Hall–Kier alpha value is -4.31. The van der Waals surface area contributed by atoms with Crippen LogP contribution in [0.3, 0.4) is 0 Å². The molecule has 34 heavy (non-hydrogen) atoms. The van der Waals surface area contributed by atoms with E-state index in [1.165, 1.54) is 6.07 Å². The van der Waals surface area contributed by atoms with E-state index in [0.29, 0.717) is 5.69 Å². The number of amides is 1. The van der Waals surface area contributed by atoms with Crippen molar-refractivity contribution < 1.29 is 34.5 Å². The van der Waals surface area contributed by atoms with Gasteiger partial charge in [0.05, 0.1) is 11.1 Å². The summed E-state index contributed by atoms with van der Waals surface area (Å²) in [4.78, 5) is 42.9. The highest BCUT2D eigenvalue weighted by atomic mass is 32.2. The minimum atomic E-state index is -1.12. The van der Waals surface area contributed by atoms with Crippen molar-refractivity contribution in [2.24, 2.45) is 0 Å². The van der Waals surface area contributed by atoms with Gasteiger partial charge < -0.3 is 26.4 Å². The van der Waals surface area contributed by atoms with Crippen LogP contribution in [-0.4, -0.2) is 40.1 Å². The van der Waals surface area contributed by atoms with Crippen LogP contribution in [0.5, 0.6) is 0 Å². The fraction of sp³-hybridized carbons (Fsp3) is 0.0833. The Morgan fingerprint density at radius 2 is 1.24 bits per heavy atom. The fourth-order valence-electron chi connectivity index (χ4n) is 2.66. The van der Waals surface area contributed by atoms with Crippen molar-refractivity contribution >= 4 is 48.0 Å². The van der Waals surface area contributed by atoms with E-state index in [1.807, 2.05) is 50.2 Å². The summed E-state index contributed by atoms with van der Waals surface area (Å²) in [6.07, 6.45) is 0. The number of aromatic carboxylic acids is 1. The van der Waals surface area contributed by atoms with Gasteiger partial charge in [0.15, 0.2) is 0 Å². The lowest BCUT2D eigenvalue weighted by Gasteiger charge is -2.11. The first-order chi connectivity index (χ1) is 16.2. The Kier molecular flexibility index (Phi) is 11.4. The Morgan fingerprint density at radius 1 is 0.824 bits per heavy atom. The van der Waals surface area contributed by atoms with E-state index in [2.05, 4.69) is 5.32 Å². The van der Waals surface area contributed by atoms with Crippen LogP contribution < -0.4 is 11.1 Å². The first-order valence-corrected chi connectivity index (χ1v) is 10.4. The average Bonchev–Trinajstić information content (AvgIpc) is 2.79. The van der Waals surface area contributed by atoms with E-state index >= 15 is 0 Å². The van der Waals surface area contributed by atoms with E-state index in [0.717, 1.165) is 26.6 Å². The second kappa shape index (κ2) is 14.0. The number of carboxylic acids is 1. The summed E-state index contributed by atoms with van der Waals surface area (Å²) in [6, 6.07) is 18.1. The smallest absolute Gasteiger partial charge is 0.336 e. The zero-order valence-corrected chi connectivity index (χ0v) is 19.2. The van der Waals surface area contributed by atoms with E-state index in [-0.39, 0.29) is 24.1 Å². The van der Waals surface area contributed by atoms with Crippen molar-refractivity contribution in [1.82, 2.24) is 0 Å². The molecule has 1 amide bonds. The third-order valence-electron chi connectivity index (χ3n) is 4.34. The van der Waals surface area contributed by atoms with Crippen LogP contribution in [0.2, 0.25) is 0 Å². The maximum atomic E-state index is 12.6. The third kappa shape index (κ3) is 8.67. The summed E-state index contributed by atoms with van der Waals surface area (Å²) in [6.45, 7) is 3.17. The Morgan fingerprint density at radius 3 is 1.68 bits per heavy atom. The molecule has 0 unspecified atom stereocenters. The second-order valence-corrected chi connectivity index (χ2v) is 7.79. The summed E-state index contributed by atoms with van der Waals surface area (Å²) in [5.74, 6) is -1.57. The molecule has 0 aliphatic rings. The maximum Gasteiger partial charge on any atom is 0.336 e. The largest absolute Gasteiger partial charge is 0.483 e. The van der Waals surface area contributed by atoms with Crippen LogP contribution in [0.4, 0.5) is 11.4 Å². The summed E-state index contributed by atoms with van der Waals surface area (Å²) >= 11 is 1.58. The fourth-order valence-corrected chi connectivity index (χ4v) is 3.47. The second-order valence-electron chi connectivity index (χ2n) is 6.65. The molecule has 178 valence electrons. The van der Waals surface area contributed by atoms with Gasteiger partial charge in [-0.15, -0.1) is 0 Å². The molecule has 0 aliphatic carbocycles. The van der Waals surface area contributed by atoms with Gasteiger partial charge in [-0.1, -0.05) is 11.8 Å². The first-order valence-electron chi connectivity index (χ1n) is 9.61. The average molecular weight is 485 g/mol. The molecular weight excluding hydrogens is 460 g/mol. The molecule has 0 aromatic heterocycles. The Bertz CT molecular complexity index is 1130. The third-order valence-corrected chi connectivity index (χ3v) is 5.35. The van der Waals surface area contributed by atoms with Gasteiger partial charge in [-0.05, 0) is 85.6 Å². The molecule has 0 saturated carbocycles. The molecular formula is C24H24N2O7S. The number of nitrogens with one attached hydrogen (secondary N) is 1. The van der Waals surface area contributed by atoms with Crippen molar-refractivity contribution in [3.63, 3.8) is 0 Å². The number of carbonyl (C=O) groups excluding carboxylic acids is 1. The molecule has 0 atom stereocenters. The van der Waals surface area contributed by atoms with E-state index in [1.54, 1.807) is 30.0 Å². The summed E-state index contributed by atoms with van der Waals surface area (Å²) in [5.41, 5.74) is 8.85. The van der Waals surface area contributed by atoms with Gasteiger partial charge >= 0.3 is 5.97 Å². The molecule has 0 radical (unpaired) electrons. The quantitative estimate of drug-likeness (QED) is 0.260. The molecule has 3 aromatic carbocycles. The van der Waals surface area contributed by atoms with Gasteiger partial charge in [0.2, 0.25) is 0 Å². The monoisotopic (exact) mass is 484 g/mol. The number of carboxylic acid groups (broad SMARTS) is 3. The van der Waals surface area contributed by atoms with Gasteiger partial charge in [-0.3, -0.25) is 14.4 Å². The highest BCUT2D eigenvalue weighted by Gasteiger charge is 2.18. The molecule has 0 spiro atoms. The number of hydrogen-bond donors (Lipinski definition) is 5. The molecule has 0 heterocycles. The van der Waals surface area contributed by atoms with Crippen LogP contribution in [0.25, 0.3) is 0 Å². The Labute approximate surface area is 200 Å². The maximum absolute atomic E-state index is 12.6. The number of benzene rings is 3. The predicted octanol–water partition coefficient (Wildman–Crippen LogP) is 4.39. The molecule has 0 bridgehead atoms. The van der Waals surface area contributed by atoms with Gasteiger partial charge in [-0.2, -0.15) is 0 Å². The summed E-state index contributed by atoms with van der Waals surface area (Å²) < 4.78 is 0. The molecule has 3 aromatic rings. The van der Waals surface area contributed by atoms with Crippen molar-refractivity contribution in [3.05, 3.63) is 82.9 Å². The molecule has 0 aliphatic heterocycles. The van der Waals surface area contributed by atoms with Crippen LogP contribution in [0, 0.1) is 13.8 Å². The number of aryl methyl sites for hydroxylation is 2. The van der Waals surface area contributed by atoms with E-state index in [4.69, 9.17) is 25.5 Å². The Balaban J connectivity index is 0.000000872. The number of hydrogen-bond acceptors (Lipinski definition) is 6. The standard InChI is InChI=1S/C22H20N2O3S.2CH2O2/c1-13-11-19(20(22(26)27)12-14(13)2)21(25)24-16-5-9-18(10-6-16)28-17-7-3-15(23)4-8-17;2*2-1-3/h3-12H,23H2,1-2H3,(H,24,25)(H,26,27);2*1H,(H,2,3). The molecule has 3 rings (SSSR count). The highest BCUT2D eigenvalue weighted by molar-refractivity contribution is 7.99. The minimum Gasteiger partial charge on any atom is -0.483 e. The first kappa shape index (κ1) is 27.7. The number of carbonyl (C=O) groups is 4. The molecule has 10 heteroatoms. The number of nitrogen functional groups attached to an aromatic ring is 1. The predicted molar refractivity (Wildman–Crippen MR) is 130 cm³/mol. The van der Waals surface area contributed by atoms with Gasteiger partial charge in [0.25, 0.3) is 18.9 Å². The number of rotatable bonds is 5. The lowest BCUT2D eigenvalue weighted by atomic mass is 9.99. The summed E-state index contributed by atoms with van der Waals surface area (Å²) in [5, 5.41) is 25.9. The van der Waals surface area contributed by atoms with Gasteiger partial charge in [0.1, 0.15) is 0 Å². The number of anilines is 2. The SMILES string of the molecule is Cc1cc(C(=O)O)c(C(=O)Nc2ccc(Sc3ccc(N)cc3)cc2)cc1C.O=CO.O=CO. The van der Waals surface area contributed by atoms with Crippen molar-refractivity contribution in [3.8, 4) is 0 Å². The van der Waals surface area contributed by atoms with E-state index < -0.39 is 11.9 Å². The van der Waals surface area contributed by atoms with Gasteiger partial charge in [-0.25, -0.2) is 4.79 Å². The topological polar surface area (TPSA) is 167 Å². The zero-order chi connectivity index (χ0) is 25.7. The lowest BCUT2D eigenvalue weighted by Crippen LogP contribution is -2.17. The minimum absolute atomic E-state index is 0.00359. The van der Waals surface area contributed by atoms with Crippen LogP contribution >= 0.6 is 11.8 Å². The number of nitrogens with two attached hydrogens (primary N) is 1. The molecule has 9 nitrogen and oxygen atoms in total. The van der Waals surface area contributed by atoms with Crippen LogP contribution in [0.15, 0.2) is 70.5 Å². The van der Waals surface area contributed by atoms with Crippen LogP contribution in [-0.2, 0) is 9.59 Å². The van der Waals surface area contributed by atoms with Crippen LogP contribution in [0.1, 0.15) is 31.8 Å². The zero-order valence-electron chi connectivity index (χ0n) is 18.4. The molecule has 6 N–H and O–H groups in total. The normalized spacial score (nSPS) is 9.35. The summed E-state index contributed by atoms with van der Waals surface area (Å²) in [7, 11) is 0. The van der Waals surface area contributed by atoms with E-state index in [9.17, 15) is 14.7 Å². The van der Waals surface area contributed by atoms with Crippen molar-refractivity contribution in [2.75, 3.05) is 11.1 Å². The molecule has 0 saturated heterocycles. The highest BCUT2D eigenvalue weighted by Crippen LogP contribution is 2.29. The van der Waals surface area contributed by atoms with Crippen molar-refractivity contribution in [2.45, 2.75) is 23.6 Å². The van der Waals surface area contributed by atoms with Gasteiger partial charge in [0, 0.05) is 21.2 Å². The molecule has 0 fully saturated rings.